The minimum atomic E-state index is 0.169. The fraction of sp³-hybridized carbons (Fsp3) is 0.438. The first kappa shape index (κ1) is 13.9. The van der Waals surface area contributed by atoms with Gasteiger partial charge in [-0.25, -0.2) is 4.98 Å². The van der Waals surface area contributed by atoms with E-state index in [-0.39, 0.29) is 6.04 Å². The van der Waals surface area contributed by atoms with Gasteiger partial charge in [-0.3, -0.25) is 0 Å². The molecule has 2 N–H and O–H groups in total. The van der Waals surface area contributed by atoms with Gasteiger partial charge >= 0.3 is 0 Å². The minimum absolute atomic E-state index is 0.169. The molecule has 5 nitrogen and oxygen atoms in total. The number of para-hydroxylation sites is 2. The number of nitrogens with zero attached hydrogens (tertiary/aromatic N) is 4. The zero-order valence-corrected chi connectivity index (χ0v) is 12.7. The van der Waals surface area contributed by atoms with E-state index in [0.29, 0.717) is 6.54 Å². The van der Waals surface area contributed by atoms with E-state index >= 15 is 0 Å². The van der Waals surface area contributed by atoms with Gasteiger partial charge in [0.05, 0.1) is 35.6 Å². The number of imidazole rings is 1. The van der Waals surface area contributed by atoms with Gasteiger partial charge in [0.25, 0.3) is 0 Å². The number of aryl methyl sites for hydroxylation is 1. The van der Waals surface area contributed by atoms with Gasteiger partial charge < -0.3 is 20.1 Å². The molecule has 1 aromatic heterocycles. The fourth-order valence-electron chi connectivity index (χ4n) is 3.13. The summed E-state index contributed by atoms with van der Waals surface area (Å²) in [5.74, 6) is 0. The zero-order valence-electron chi connectivity index (χ0n) is 12.7. The topological polar surface area (TPSA) is 50.3 Å². The Hall–Kier alpha value is -2.01. The van der Waals surface area contributed by atoms with Crippen molar-refractivity contribution in [2.45, 2.75) is 19.5 Å². The molecule has 0 spiro atoms. The van der Waals surface area contributed by atoms with Gasteiger partial charge in [0.1, 0.15) is 0 Å². The van der Waals surface area contributed by atoms with E-state index in [1.165, 1.54) is 17.1 Å². The van der Waals surface area contributed by atoms with E-state index in [1.807, 2.05) is 12.5 Å². The first-order chi connectivity index (χ1) is 10.3. The molecule has 0 saturated heterocycles. The smallest absolute Gasteiger partial charge is 0.0948 e. The summed E-state index contributed by atoms with van der Waals surface area (Å²) >= 11 is 0. The Bertz CT molecular complexity index is 606. The highest BCUT2D eigenvalue weighted by Crippen LogP contribution is 2.36. The van der Waals surface area contributed by atoms with E-state index in [2.05, 4.69) is 57.6 Å². The van der Waals surface area contributed by atoms with Crippen molar-refractivity contribution in [2.75, 3.05) is 36.5 Å². The van der Waals surface area contributed by atoms with E-state index in [4.69, 9.17) is 5.73 Å². The lowest BCUT2D eigenvalue weighted by atomic mass is 10.1. The van der Waals surface area contributed by atoms with Crippen molar-refractivity contribution in [2.24, 2.45) is 5.73 Å². The lowest BCUT2D eigenvalue weighted by Gasteiger charge is -2.41. The number of rotatable bonds is 4. The second-order valence-electron chi connectivity index (χ2n) is 5.46. The van der Waals surface area contributed by atoms with Crippen molar-refractivity contribution in [1.29, 1.82) is 0 Å². The van der Waals surface area contributed by atoms with Crippen molar-refractivity contribution >= 4 is 11.4 Å². The molecule has 1 unspecified atom stereocenters. The molecule has 2 aromatic rings. The van der Waals surface area contributed by atoms with Crippen LogP contribution in [0.25, 0.3) is 0 Å². The zero-order chi connectivity index (χ0) is 14.8. The maximum Gasteiger partial charge on any atom is 0.0948 e. The quantitative estimate of drug-likeness (QED) is 0.931. The van der Waals surface area contributed by atoms with Crippen LogP contribution in [0.3, 0.4) is 0 Å². The Balaban J connectivity index is 2.01. The number of benzene rings is 1. The molecular formula is C16H23N5. The van der Waals surface area contributed by atoms with Crippen molar-refractivity contribution in [3.05, 3.63) is 42.5 Å². The first-order valence-electron chi connectivity index (χ1n) is 7.53. The van der Waals surface area contributed by atoms with Crippen LogP contribution in [0.1, 0.15) is 18.7 Å². The maximum atomic E-state index is 6.11. The summed E-state index contributed by atoms with van der Waals surface area (Å²) in [5, 5.41) is 0. The van der Waals surface area contributed by atoms with Crippen LogP contribution in [-0.4, -0.2) is 36.2 Å². The van der Waals surface area contributed by atoms with Gasteiger partial charge in [0.2, 0.25) is 0 Å². The molecule has 0 saturated carbocycles. The van der Waals surface area contributed by atoms with Crippen molar-refractivity contribution in [1.82, 2.24) is 9.55 Å². The maximum absolute atomic E-state index is 6.11. The molecule has 0 aliphatic carbocycles. The summed E-state index contributed by atoms with van der Waals surface area (Å²) in [6, 6.07) is 8.71. The summed E-state index contributed by atoms with van der Waals surface area (Å²) in [5.41, 5.74) is 9.83. The summed E-state index contributed by atoms with van der Waals surface area (Å²) < 4.78 is 2.18. The van der Waals surface area contributed by atoms with E-state index < -0.39 is 0 Å². The molecule has 0 fully saturated rings. The molecule has 2 heterocycles. The number of hydrogen-bond donors (Lipinski definition) is 1. The lowest BCUT2D eigenvalue weighted by Crippen LogP contribution is -2.44. The predicted octanol–water partition coefficient (Wildman–Crippen LogP) is 1.86. The van der Waals surface area contributed by atoms with Gasteiger partial charge in [0, 0.05) is 33.2 Å². The summed E-state index contributed by atoms with van der Waals surface area (Å²) in [7, 11) is 2.14. The van der Waals surface area contributed by atoms with E-state index in [0.717, 1.165) is 19.6 Å². The number of hydrogen-bond acceptors (Lipinski definition) is 4. The molecule has 0 bridgehead atoms. The van der Waals surface area contributed by atoms with Crippen LogP contribution in [0.4, 0.5) is 11.4 Å². The molecule has 5 heteroatoms. The van der Waals surface area contributed by atoms with Crippen molar-refractivity contribution < 1.29 is 0 Å². The first-order valence-corrected chi connectivity index (χ1v) is 7.53. The number of anilines is 2. The number of likely N-dealkylation sites (N-methyl/N-ethyl adjacent to an activating group) is 1. The minimum Gasteiger partial charge on any atom is -0.371 e. The van der Waals surface area contributed by atoms with Crippen LogP contribution in [0.15, 0.2) is 36.8 Å². The van der Waals surface area contributed by atoms with Crippen LogP contribution in [0, 0.1) is 0 Å². The average molecular weight is 285 g/mol. The van der Waals surface area contributed by atoms with Crippen LogP contribution in [-0.2, 0) is 6.54 Å². The molecule has 0 amide bonds. The lowest BCUT2D eigenvalue weighted by molar-refractivity contribution is 0.563. The summed E-state index contributed by atoms with van der Waals surface area (Å²) in [6.45, 7) is 5.62. The third-order valence-corrected chi connectivity index (χ3v) is 4.30. The number of fused-ring (bicyclic) bond motifs is 1. The van der Waals surface area contributed by atoms with Crippen LogP contribution >= 0.6 is 0 Å². The standard InChI is InChI=1S/C16H23N5/c1-3-20-12-18-11-16(20)15(10-17)21-9-8-19(2)13-6-4-5-7-14(13)21/h4-7,11-12,15H,3,8-10,17H2,1-2H3. The monoisotopic (exact) mass is 285 g/mol. The molecule has 1 aliphatic heterocycles. The molecule has 1 aliphatic rings. The third kappa shape index (κ3) is 2.38. The van der Waals surface area contributed by atoms with Crippen molar-refractivity contribution in [3.63, 3.8) is 0 Å². The van der Waals surface area contributed by atoms with Crippen LogP contribution in [0.2, 0.25) is 0 Å². The SMILES string of the molecule is CCn1cncc1C(CN)N1CCN(C)c2ccccc21. The van der Waals surface area contributed by atoms with E-state index in [9.17, 15) is 0 Å². The molecule has 1 aromatic carbocycles. The second-order valence-corrected chi connectivity index (χ2v) is 5.46. The largest absolute Gasteiger partial charge is 0.371 e. The molecular weight excluding hydrogens is 262 g/mol. The molecule has 1 atom stereocenters. The predicted molar refractivity (Wildman–Crippen MR) is 86.8 cm³/mol. The highest BCUT2D eigenvalue weighted by atomic mass is 15.3. The molecule has 3 rings (SSSR count). The second kappa shape index (κ2) is 5.77. The Labute approximate surface area is 126 Å². The Morgan fingerprint density at radius 2 is 2.00 bits per heavy atom. The van der Waals surface area contributed by atoms with Gasteiger partial charge in [0.15, 0.2) is 0 Å². The van der Waals surface area contributed by atoms with Crippen LogP contribution in [0.5, 0.6) is 0 Å². The van der Waals surface area contributed by atoms with Gasteiger partial charge in [-0.15, -0.1) is 0 Å². The van der Waals surface area contributed by atoms with E-state index in [1.54, 1.807) is 0 Å². The number of nitrogens with two attached hydrogens (primary N) is 1. The third-order valence-electron chi connectivity index (χ3n) is 4.30. The Morgan fingerprint density at radius 3 is 2.71 bits per heavy atom. The van der Waals surface area contributed by atoms with Crippen LogP contribution < -0.4 is 15.5 Å². The molecule has 112 valence electrons. The highest BCUT2D eigenvalue weighted by Gasteiger charge is 2.28. The van der Waals surface area contributed by atoms with Gasteiger partial charge in [-0.05, 0) is 19.1 Å². The average Bonchev–Trinajstić information content (AvgIpc) is 2.99. The Morgan fingerprint density at radius 1 is 1.24 bits per heavy atom. The molecule has 0 radical (unpaired) electrons. The normalized spacial score (nSPS) is 16.0. The fourth-order valence-corrected chi connectivity index (χ4v) is 3.13. The number of aromatic nitrogens is 2. The highest BCUT2D eigenvalue weighted by molar-refractivity contribution is 5.73. The Kier molecular flexibility index (Phi) is 3.84. The van der Waals surface area contributed by atoms with Gasteiger partial charge in [-0.1, -0.05) is 12.1 Å². The summed E-state index contributed by atoms with van der Waals surface area (Å²) in [4.78, 5) is 9.02. The van der Waals surface area contributed by atoms with Crippen molar-refractivity contribution in [3.8, 4) is 0 Å². The van der Waals surface area contributed by atoms with Gasteiger partial charge in [-0.2, -0.15) is 0 Å². The summed E-state index contributed by atoms with van der Waals surface area (Å²) in [6.07, 6.45) is 3.84. The molecule has 21 heavy (non-hydrogen) atoms.